The molecule has 0 radical (unpaired) electrons. The van der Waals surface area contributed by atoms with Crippen LogP contribution in [0.4, 0.5) is 0 Å². The summed E-state index contributed by atoms with van der Waals surface area (Å²) in [6.45, 7) is 1.68. The van der Waals surface area contributed by atoms with Crippen LogP contribution in [0.1, 0.15) is 5.82 Å². The highest BCUT2D eigenvalue weighted by Gasteiger charge is 2.14. The molecule has 0 amide bonds. The maximum Gasteiger partial charge on any atom is 0.491 e. The van der Waals surface area contributed by atoms with Gasteiger partial charge in [0, 0.05) is 17.9 Å². The molecule has 8 heteroatoms. The smallest absolute Gasteiger partial charge is 0.423 e. The molecule has 0 bridgehead atoms. The van der Waals surface area contributed by atoms with E-state index >= 15 is 0 Å². The molecular weight excluding hydrogens is 199 g/mol. The first kappa shape index (κ1) is 9.75. The molecule has 2 rings (SSSR count). The van der Waals surface area contributed by atoms with E-state index in [-0.39, 0.29) is 17.2 Å². The van der Waals surface area contributed by atoms with Crippen molar-refractivity contribution in [3.8, 4) is 11.7 Å². The van der Waals surface area contributed by atoms with Gasteiger partial charge in [0.2, 0.25) is 5.82 Å². The van der Waals surface area contributed by atoms with Crippen molar-refractivity contribution in [2.75, 3.05) is 0 Å². The Kier molecular flexibility index (Phi) is 2.44. The van der Waals surface area contributed by atoms with Crippen molar-refractivity contribution >= 4 is 12.6 Å². The molecule has 2 heterocycles. The Morgan fingerprint density at radius 2 is 1.93 bits per heavy atom. The quantitative estimate of drug-likeness (QED) is 0.576. The van der Waals surface area contributed by atoms with Crippen LogP contribution in [0.15, 0.2) is 16.9 Å². The van der Waals surface area contributed by atoms with Crippen LogP contribution < -0.4 is 5.46 Å². The van der Waals surface area contributed by atoms with Gasteiger partial charge in [-0.15, -0.1) is 0 Å². The first-order chi connectivity index (χ1) is 7.16. The van der Waals surface area contributed by atoms with Crippen molar-refractivity contribution in [3.63, 3.8) is 0 Å². The zero-order valence-electron chi connectivity index (χ0n) is 7.82. The van der Waals surface area contributed by atoms with Gasteiger partial charge in [0.05, 0.1) is 0 Å². The first-order valence-electron chi connectivity index (χ1n) is 4.15. The molecule has 0 aliphatic heterocycles. The van der Waals surface area contributed by atoms with Crippen LogP contribution in [0.5, 0.6) is 0 Å². The Morgan fingerprint density at radius 1 is 1.27 bits per heavy atom. The molecule has 0 fully saturated rings. The van der Waals surface area contributed by atoms with E-state index < -0.39 is 7.12 Å². The summed E-state index contributed by atoms with van der Waals surface area (Å²) in [7, 11) is -1.58. The summed E-state index contributed by atoms with van der Waals surface area (Å²) in [6.07, 6.45) is 2.57. The molecule has 0 aliphatic rings. The maximum absolute atomic E-state index is 8.81. The minimum atomic E-state index is -1.58. The lowest BCUT2D eigenvalue weighted by Gasteiger charge is -1.97. The van der Waals surface area contributed by atoms with Crippen molar-refractivity contribution in [3.05, 3.63) is 18.2 Å². The molecule has 2 aromatic heterocycles. The summed E-state index contributed by atoms with van der Waals surface area (Å²) in [5.41, 5.74) is 0.204. The van der Waals surface area contributed by atoms with Crippen molar-refractivity contribution in [1.82, 2.24) is 20.1 Å². The van der Waals surface area contributed by atoms with Crippen molar-refractivity contribution < 1.29 is 14.6 Å². The molecular formula is C7H7BN4O3. The molecule has 0 saturated heterocycles. The lowest BCUT2D eigenvalue weighted by molar-refractivity contribution is 0.421. The van der Waals surface area contributed by atoms with E-state index in [2.05, 4.69) is 20.1 Å². The number of nitrogens with zero attached hydrogens (tertiary/aromatic N) is 4. The predicted octanol–water partition coefficient (Wildman–Crippen LogP) is -1.49. The van der Waals surface area contributed by atoms with E-state index in [4.69, 9.17) is 14.6 Å². The highest BCUT2D eigenvalue weighted by atomic mass is 16.5. The summed E-state index contributed by atoms with van der Waals surface area (Å²) in [5, 5.41) is 21.2. The average Bonchev–Trinajstić information content (AvgIpc) is 2.65. The second kappa shape index (κ2) is 3.75. The Morgan fingerprint density at radius 3 is 2.40 bits per heavy atom. The van der Waals surface area contributed by atoms with Gasteiger partial charge in [-0.3, -0.25) is 0 Å². The Hall–Kier alpha value is -1.80. The van der Waals surface area contributed by atoms with E-state index in [1.807, 2.05) is 0 Å². The van der Waals surface area contributed by atoms with Gasteiger partial charge < -0.3 is 14.6 Å². The molecule has 0 saturated carbocycles. The summed E-state index contributed by atoms with van der Waals surface area (Å²) in [5.74, 6) is 0.936. The topological polar surface area (TPSA) is 105 Å². The van der Waals surface area contributed by atoms with Crippen molar-refractivity contribution in [2.45, 2.75) is 6.92 Å². The van der Waals surface area contributed by atoms with E-state index in [9.17, 15) is 0 Å². The van der Waals surface area contributed by atoms with Gasteiger partial charge >= 0.3 is 7.12 Å². The lowest BCUT2D eigenvalue weighted by Crippen LogP contribution is -2.30. The zero-order valence-corrected chi connectivity index (χ0v) is 7.82. The molecule has 0 atom stereocenters. The van der Waals surface area contributed by atoms with Crippen LogP contribution in [0.2, 0.25) is 0 Å². The number of aromatic nitrogens is 4. The van der Waals surface area contributed by atoms with Crippen LogP contribution in [0.3, 0.4) is 0 Å². The van der Waals surface area contributed by atoms with Gasteiger partial charge in [-0.25, -0.2) is 9.97 Å². The van der Waals surface area contributed by atoms with E-state index in [0.29, 0.717) is 5.82 Å². The highest BCUT2D eigenvalue weighted by molar-refractivity contribution is 6.58. The SMILES string of the molecule is Cc1noc(-c2ncc(B(O)O)cn2)n1. The molecule has 0 unspecified atom stereocenters. The maximum atomic E-state index is 8.81. The van der Waals surface area contributed by atoms with Crippen LogP contribution in [-0.4, -0.2) is 37.3 Å². The standard InChI is InChI=1S/C7H7BN4O3/c1-4-11-7(15-12-4)6-9-2-5(3-10-6)8(13)14/h2-3,13-14H,1H3. The fourth-order valence-corrected chi connectivity index (χ4v) is 0.970. The summed E-state index contributed by atoms with van der Waals surface area (Å²) in [4.78, 5) is 11.6. The van der Waals surface area contributed by atoms with Crippen LogP contribution in [-0.2, 0) is 0 Å². The molecule has 2 N–H and O–H groups in total. The number of rotatable bonds is 2. The van der Waals surface area contributed by atoms with Gasteiger partial charge in [0.15, 0.2) is 5.82 Å². The molecule has 76 valence electrons. The van der Waals surface area contributed by atoms with Crippen LogP contribution >= 0.6 is 0 Å². The second-order valence-electron chi connectivity index (χ2n) is 2.86. The number of hydrogen-bond donors (Lipinski definition) is 2. The fraction of sp³-hybridized carbons (Fsp3) is 0.143. The highest BCUT2D eigenvalue weighted by Crippen LogP contribution is 2.08. The van der Waals surface area contributed by atoms with Gasteiger partial charge in [-0.1, -0.05) is 5.16 Å². The third kappa shape index (κ3) is 2.00. The molecule has 15 heavy (non-hydrogen) atoms. The largest absolute Gasteiger partial charge is 0.491 e. The molecule has 0 aromatic carbocycles. The molecule has 0 aliphatic carbocycles. The summed E-state index contributed by atoms with van der Waals surface area (Å²) >= 11 is 0. The normalized spacial score (nSPS) is 10.3. The van der Waals surface area contributed by atoms with E-state index in [0.717, 1.165) is 0 Å². The third-order valence-electron chi connectivity index (χ3n) is 1.69. The summed E-state index contributed by atoms with van der Waals surface area (Å²) in [6, 6.07) is 0. The lowest BCUT2D eigenvalue weighted by atomic mass is 9.83. The molecule has 0 spiro atoms. The molecule has 2 aromatic rings. The number of aryl methyl sites for hydroxylation is 1. The van der Waals surface area contributed by atoms with Crippen molar-refractivity contribution in [2.24, 2.45) is 0 Å². The van der Waals surface area contributed by atoms with Gasteiger partial charge in [0.1, 0.15) is 0 Å². The predicted molar refractivity (Wildman–Crippen MR) is 49.9 cm³/mol. The average molecular weight is 206 g/mol. The monoisotopic (exact) mass is 206 g/mol. The molecule has 7 nitrogen and oxygen atoms in total. The number of hydrogen-bond acceptors (Lipinski definition) is 7. The van der Waals surface area contributed by atoms with E-state index in [1.54, 1.807) is 6.92 Å². The fourth-order valence-electron chi connectivity index (χ4n) is 0.970. The van der Waals surface area contributed by atoms with Crippen LogP contribution in [0, 0.1) is 6.92 Å². The second-order valence-corrected chi connectivity index (χ2v) is 2.86. The third-order valence-corrected chi connectivity index (χ3v) is 1.69. The van der Waals surface area contributed by atoms with Gasteiger partial charge in [-0.05, 0) is 6.92 Å². The Bertz CT molecular complexity index is 456. The Labute approximate surface area is 85.0 Å². The summed E-state index contributed by atoms with van der Waals surface area (Å²) < 4.78 is 4.84. The minimum Gasteiger partial charge on any atom is -0.423 e. The van der Waals surface area contributed by atoms with Crippen LogP contribution in [0.25, 0.3) is 11.7 Å². The van der Waals surface area contributed by atoms with E-state index in [1.165, 1.54) is 12.4 Å². The first-order valence-corrected chi connectivity index (χ1v) is 4.15. The van der Waals surface area contributed by atoms with Gasteiger partial charge in [-0.2, -0.15) is 4.98 Å². The van der Waals surface area contributed by atoms with Gasteiger partial charge in [0.25, 0.3) is 5.89 Å². The minimum absolute atomic E-state index is 0.200. The Balaban J connectivity index is 2.31. The van der Waals surface area contributed by atoms with Crippen molar-refractivity contribution in [1.29, 1.82) is 0 Å². The zero-order chi connectivity index (χ0) is 10.8.